The lowest BCUT2D eigenvalue weighted by Gasteiger charge is -2.26. The molecule has 0 aromatic carbocycles. The predicted molar refractivity (Wildman–Crippen MR) is 77.0 cm³/mol. The fraction of sp³-hybridized carbons (Fsp3) is 0.562. The first-order valence-electron chi connectivity index (χ1n) is 6.75. The van der Waals surface area contributed by atoms with Gasteiger partial charge < -0.3 is 4.90 Å². The molecule has 0 aromatic rings. The Morgan fingerprint density at radius 2 is 2.00 bits per heavy atom. The molecule has 0 radical (unpaired) electrons. The van der Waals surface area contributed by atoms with Crippen LogP contribution in [0.25, 0.3) is 0 Å². The smallest absolute Gasteiger partial charge is 0.251 e. The van der Waals surface area contributed by atoms with Crippen LogP contribution < -0.4 is 0 Å². The van der Waals surface area contributed by atoms with E-state index in [0.29, 0.717) is 6.04 Å². The number of carbonyl (C=O) groups is 1. The molecule has 1 amide bonds. The van der Waals surface area contributed by atoms with Gasteiger partial charge in [0.2, 0.25) is 0 Å². The first kappa shape index (κ1) is 14.7. The Balaban J connectivity index is 2.86. The Morgan fingerprint density at radius 1 is 1.39 bits per heavy atom. The highest BCUT2D eigenvalue weighted by Gasteiger charge is 2.31. The van der Waals surface area contributed by atoms with Gasteiger partial charge in [-0.25, -0.2) is 0 Å². The van der Waals surface area contributed by atoms with Crippen molar-refractivity contribution in [3.63, 3.8) is 0 Å². The van der Waals surface area contributed by atoms with Gasteiger partial charge in [-0.3, -0.25) is 4.79 Å². The fourth-order valence-electron chi connectivity index (χ4n) is 2.28. The van der Waals surface area contributed by atoms with Crippen LogP contribution in [0.3, 0.4) is 0 Å². The molecule has 2 nitrogen and oxygen atoms in total. The number of hydrogen-bond donors (Lipinski definition) is 0. The lowest BCUT2D eigenvalue weighted by Crippen LogP contribution is -2.27. The summed E-state index contributed by atoms with van der Waals surface area (Å²) in [7, 11) is 0. The van der Waals surface area contributed by atoms with Gasteiger partial charge in [0, 0.05) is 18.3 Å². The lowest BCUT2D eigenvalue weighted by atomic mass is 9.80. The van der Waals surface area contributed by atoms with Crippen LogP contribution >= 0.6 is 0 Å². The van der Waals surface area contributed by atoms with Crippen molar-refractivity contribution in [2.45, 2.75) is 52.5 Å². The predicted octanol–water partition coefficient (Wildman–Crippen LogP) is 4.06. The standard InChI is InChI=1S/C16H25NO/c1-6-11-16(4,5)13(7-2)12-15(18)17(8-3)14-9-10-14/h7-8,12,14H,2-3,6,9-11H2,1,4-5H3/b13-12+. The van der Waals surface area contributed by atoms with Crippen LogP contribution in [-0.4, -0.2) is 16.8 Å². The molecular formula is C16H25NO. The molecule has 0 saturated heterocycles. The van der Waals surface area contributed by atoms with Crippen molar-refractivity contribution >= 4 is 5.91 Å². The van der Waals surface area contributed by atoms with Gasteiger partial charge in [0.15, 0.2) is 0 Å². The second kappa shape index (κ2) is 6.03. The van der Waals surface area contributed by atoms with Gasteiger partial charge in [-0.15, -0.1) is 0 Å². The summed E-state index contributed by atoms with van der Waals surface area (Å²) in [6, 6.07) is 0.367. The van der Waals surface area contributed by atoms with Crippen LogP contribution in [-0.2, 0) is 4.79 Å². The second-order valence-electron chi connectivity index (χ2n) is 5.60. The Hall–Kier alpha value is -1.31. The minimum Gasteiger partial charge on any atom is -0.313 e. The summed E-state index contributed by atoms with van der Waals surface area (Å²) in [5.41, 5.74) is 1.02. The number of rotatable bonds is 7. The zero-order valence-electron chi connectivity index (χ0n) is 11.9. The summed E-state index contributed by atoms with van der Waals surface area (Å²) in [6.07, 6.45) is 9.50. The van der Waals surface area contributed by atoms with Crippen molar-refractivity contribution in [3.05, 3.63) is 37.1 Å². The van der Waals surface area contributed by atoms with Gasteiger partial charge in [0.05, 0.1) is 0 Å². The second-order valence-corrected chi connectivity index (χ2v) is 5.60. The van der Waals surface area contributed by atoms with Crippen molar-refractivity contribution < 1.29 is 4.79 Å². The molecule has 1 aliphatic rings. The molecule has 1 saturated carbocycles. The first-order valence-corrected chi connectivity index (χ1v) is 6.75. The van der Waals surface area contributed by atoms with E-state index in [4.69, 9.17) is 0 Å². The highest BCUT2D eigenvalue weighted by Crippen LogP contribution is 2.33. The third-order valence-corrected chi connectivity index (χ3v) is 3.55. The molecule has 1 rings (SSSR count). The van der Waals surface area contributed by atoms with Crippen LogP contribution in [0.2, 0.25) is 0 Å². The highest BCUT2D eigenvalue weighted by atomic mass is 16.2. The monoisotopic (exact) mass is 247 g/mol. The molecular weight excluding hydrogens is 222 g/mol. The van der Waals surface area contributed by atoms with Gasteiger partial charge in [-0.1, -0.05) is 46.4 Å². The third-order valence-electron chi connectivity index (χ3n) is 3.55. The maximum atomic E-state index is 12.2. The average molecular weight is 247 g/mol. The molecule has 100 valence electrons. The molecule has 0 spiro atoms. The van der Waals surface area contributed by atoms with E-state index in [2.05, 4.69) is 33.9 Å². The lowest BCUT2D eigenvalue weighted by molar-refractivity contribution is -0.124. The molecule has 18 heavy (non-hydrogen) atoms. The normalized spacial score (nSPS) is 16.3. The Labute approximate surface area is 111 Å². The summed E-state index contributed by atoms with van der Waals surface area (Å²) < 4.78 is 0. The van der Waals surface area contributed by atoms with Crippen LogP contribution in [0.15, 0.2) is 37.1 Å². The SMILES string of the molecule is C=C/C(=C\C(=O)N(C=C)C1CC1)C(C)(C)CCC. The first-order chi connectivity index (χ1) is 8.46. The molecule has 1 fully saturated rings. The zero-order valence-corrected chi connectivity index (χ0v) is 11.9. The van der Waals surface area contributed by atoms with Gasteiger partial charge in [-0.05, 0) is 30.3 Å². The van der Waals surface area contributed by atoms with Gasteiger partial charge in [-0.2, -0.15) is 0 Å². The molecule has 0 aromatic heterocycles. The van der Waals surface area contributed by atoms with Crippen LogP contribution in [0, 0.1) is 5.41 Å². The molecule has 0 heterocycles. The molecule has 0 N–H and O–H groups in total. The molecule has 0 atom stereocenters. The summed E-state index contributed by atoms with van der Waals surface area (Å²) in [5, 5.41) is 0. The number of allylic oxidation sites excluding steroid dienone is 2. The van der Waals surface area contributed by atoms with E-state index in [9.17, 15) is 4.79 Å². The molecule has 0 unspecified atom stereocenters. The van der Waals surface area contributed by atoms with E-state index in [1.807, 2.05) is 6.08 Å². The maximum Gasteiger partial charge on any atom is 0.251 e. The Bertz CT molecular complexity index is 361. The van der Waals surface area contributed by atoms with Crippen molar-refractivity contribution in [1.29, 1.82) is 0 Å². The summed E-state index contributed by atoms with van der Waals surface area (Å²) in [5.74, 6) is 0.0339. The van der Waals surface area contributed by atoms with E-state index in [-0.39, 0.29) is 11.3 Å². The average Bonchev–Trinajstić information content (AvgIpc) is 3.11. The van der Waals surface area contributed by atoms with E-state index in [0.717, 1.165) is 31.3 Å². The molecule has 1 aliphatic carbocycles. The van der Waals surface area contributed by atoms with Crippen molar-refractivity contribution in [3.8, 4) is 0 Å². The molecule has 0 aliphatic heterocycles. The topological polar surface area (TPSA) is 20.3 Å². The highest BCUT2D eigenvalue weighted by molar-refractivity contribution is 5.90. The van der Waals surface area contributed by atoms with Crippen molar-refractivity contribution in [1.82, 2.24) is 4.90 Å². The van der Waals surface area contributed by atoms with Gasteiger partial charge in [0.1, 0.15) is 0 Å². The summed E-state index contributed by atoms with van der Waals surface area (Å²) in [6.45, 7) is 14.0. The molecule has 2 heteroatoms. The third kappa shape index (κ3) is 3.59. The van der Waals surface area contributed by atoms with E-state index in [1.54, 1.807) is 17.2 Å². The summed E-state index contributed by atoms with van der Waals surface area (Å²) >= 11 is 0. The number of hydrogen-bond acceptors (Lipinski definition) is 1. The van der Waals surface area contributed by atoms with Crippen LogP contribution in [0.1, 0.15) is 46.5 Å². The Kier molecular flexibility index (Phi) is 4.94. The van der Waals surface area contributed by atoms with E-state index < -0.39 is 0 Å². The quantitative estimate of drug-likeness (QED) is 0.491. The molecule has 0 bridgehead atoms. The van der Waals surface area contributed by atoms with Gasteiger partial charge >= 0.3 is 0 Å². The largest absolute Gasteiger partial charge is 0.313 e. The van der Waals surface area contributed by atoms with Crippen LogP contribution in [0.5, 0.6) is 0 Å². The fourth-order valence-corrected chi connectivity index (χ4v) is 2.28. The number of carbonyl (C=O) groups excluding carboxylic acids is 1. The zero-order chi connectivity index (χ0) is 13.8. The maximum absolute atomic E-state index is 12.2. The van der Waals surface area contributed by atoms with E-state index in [1.165, 1.54) is 0 Å². The Morgan fingerprint density at radius 3 is 2.39 bits per heavy atom. The summed E-state index contributed by atoms with van der Waals surface area (Å²) in [4.78, 5) is 13.9. The minimum absolute atomic E-state index is 0.00253. The van der Waals surface area contributed by atoms with Gasteiger partial charge in [0.25, 0.3) is 5.91 Å². The van der Waals surface area contributed by atoms with Crippen LogP contribution in [0.4, 0.5) is 0 Å². The minimum atomic E-state index is 0.00253. The van der Waals surface area contributed by atoms with Crippen molar-refractivity contribution in [2.24, 2.45) is 5.41 Å². The van der Waals surface area contributed by atoms with E-state index >= 15 is 0 Å². The van der Waals surface area contributed by atoms with Crippen molar-refractivity contribution in [2.75, 3.05) is 0 Å². The number of nitrogens with zero attached hydrogens (tertiary/aromatic N) is 1. The number of amides is 1.